The van der Waals surface area contributed by atoms with E-state index in [4.69, 9.17) is 18.9 Å². The van der Waals surface area contributed by atoms with Crippen molar-refractivity contribution in [3.8, 4) is 0 Å². The second kappa shape index (κ2) is 5.96. The molecule has 0 aromatic heterocycles. The molecule has 9 rings (SSSR count). The second-order valence-electron chi connectivity index (χ2n) is 14.0. The summed E-state index contributed by atoms with van der Waals surface area (Å²) < 4.78 is 26.5. The van der Waals surface area contributed by atoms with Gasteiger partial charge in [0.05, 0.1) is 34.1 Å². The summed E-state index contributed by atoms with van der Waals surface area (Å²) in [6.45, 7) is 7.44. The molecule has 196 valence electrons. The van der Waals surface area contributed by atoms with Crippen LogP contribution in [0.4, 0.5) is 0 Å². The summed E-state index contributed by atoms with van der Waals surface area (Å²) in [7, 11) is 0. The number of ketones is 1. The highest BCUT2D eigenvalue weighted by atomic mass is 16.8. The van der Waals surface area contributed by atoms with Crippen LogP contribution in [0.25, 0.3) is 0 Å². The van der Waals surface area contributed by atoms with Gasteiger partial charge in [-0.05, 0) is 71.8 Å². The molecule has 2 N–H and O–H groups in total. The predicted octanol–water partition coefficient (Wildman–Crippen LogP) is 2.19. The first-order valence-corrected chi connectivity index (χ1v) is 13.7. The summed E-state index contributed by atoms with van der Waals surface area (Å²) in [6.07, 6.45) is 6.44. The Hall–Kier alpha value is -1.32. The SMILES string of the molecule is CC12C[C@@H]([C@@]34CC[C@@]5(O3)C3C(O4)[C@H]4O[C@]46CC=CC(=O)[C@]6(C)[C@H]3CC[C@@]5(C)O)C(C[C@@]1(C)O)OC2=O. The summed E-state index contributed by atoms with van der Waals surface area (Å²) in [6, 6.07) is 0. The highest BCUT2D eigenvalue weighted by molar-refractivity contribution is 5.98. The zero-order chi connectivity index (χ0) is 25.3. The lowest BCUT2D eigenvalue weighted by Crippen LogP contribution is -2.77. The van der Waals surface area contributed by atoms with E-state index in [0.717, 1.165) is 0 Å². The molecule has 8 fully saturated rings. The number of allylic oxidation sites excluding steroid dienone is 1. The smallest absolute Gasteiger partial charge is 0.315 e. The third-order valence-corrected chi connectivity index (χ3v) is 12.7. The highest BCUT2D eigenvalue weighted by Crippen LogP contribution is 2.76. The molecule has 5 saturated heterocycles. The molecule has 5 aliphatic heterocycles. The standard InChI is InChI=1S/C28H36O8/c1-22-12-15(16(33-21(22)30)13-24(22,3)32)28-11-10-26(36-28)18-14(7-9-23(26,2)31)25(4)17(29)6-5-8-27(25)20(35-27)19(18)34-28/h5-6,14-16,18-20,31-32H,7-13H2,1-4H3/t14-,15+,16?,18?,19?,20+,22?,23+,24+,25-,26+,27+,28+/m0/s1. The Morgan fingerprint density at radius 1 is 0.917 bits per heavy atom. The highest BCUT2D eigenvalue weighted by Gasteiger charge is 2.86. The Labute approximate surface area is 210 Å². The van der Waals surface area contributed by atoms with E-state index in [1.807, 2.05) is 13.0 Å². The van der Waals surface area contributed by atoms with Gasteiger partial charge in [0.2, 0.25) is 0 Å². The largest absolute Gasteiger partial charge is 0.461 e. The first-order valence-electron chi connectivity index (χ1n) is 13.7. The number of epoxide rings is 1. The van der Waals surface area contributed by atoms with Crippen molar-refractivity contribution >= 4 is 11.8 Å². The minimum Gasteiger partial charge on any atom is -0.461 e. The molecule has 5 heterocycles. The van der Waals surface area contributed by atoms with Crippen LogP contribution >= 0.6 is 0 Å². The number of aliphatic hydroxyl groups is 2. The average molecular weight is 501 g/mol. The fourth-order valence-corrected chi connectivity index (χ4v) is 10.2. The molecule has 9 aliphatic rings. The van der Waals surface area contributed by atoms with Gasteiger partial charge < -0.3 is 29.2 Å². The van der Waals surface area contributed by atoms with Crippen LogP contribution < -0.4 is 0 Å². The van der Waals surface area contributed by atoms with Crippen molar-refractivity contribution < 1.29 is 38.7 Å². The van der Waals surface area contributed by atoms with E-state index in [1.165, 1.54) is 0 Å². The van der Waals surface area contributed by atoms with E-state index in [-0.39, 0.29) is 41.7 Å². The van der Waals surface area contributed by atoms with Gasteiger partial charge in [0.1, 0.15) is 23.4 Å². The molecule has 4 unspecified atom stereocenters. The van der Waals surface area contributed by atoms with Gasteiger partial charge in [-0.15, -0.1) is 0 Å². The first kappa shape index (κ1) is 22.6. The third kappa shape index (κ3) is 2.08. The van der Waals surface area contributed by atoms with Crippen molar-refractivity contribution in [3.05, 3.63) is 12.2 Å². The van der Waals surface area contributed by atoms with Crippen molar-refractivity contribution in [2.45, 2.75) is 119 Å². The quantitative estimate of drug-likeness (QED) is 0.416. The van der Waals surface area contributed by atoms with Crippen LogP contribution in [-0.4, -0.2) is 68.5 Å². The number of hydrogen-bond acceptors (Lipinski definition) is 8. The summed E-state index contributed by atoms with van der Waals surface area (Å²) in [4.78, 5) is 26.3. The Morgan fingerprint density at radius 2 is 1.69 bits per heavy atom. The van der Waals surface area contributed by atoms with Gasteiger partial charge in [-0.2, -0.15) is 0 Å². The molecule has 0 amide bonds. The van der Waals surface area contributed by atoms with Crippen LogP contribution in [0.15, 0.2) is 12.2 Å². The Kier molecular flexibility index (Phi) is 3.75. The van der Waals surface area contributed by atoms with Gasteiger partial charge in [-0.3, -0.25) is 9.59 Å². The number of hydrogen-bond donors (Lipinski definition) is 2. The van der Waals surface area contributed by atoms with Gasteiger partial charge in [0.15, 0.2) is 11.6 Å². The molecule has 0 aromatic rings. The molecular weight excluding hydrogens is 464 g/mol. The number of carbonyl (C=O) groups excluding carboxylic acids is 2. The number of esters is 1. The predicted molar refractivity (Wildman–Crippen MR) is 123 cm³/mol. The maximum absolute atomic E-state index is 13.5. The van der Waals surface area contributed by atoms with E-state index >= 15 is 0 Å². The summed E-state index contributed by atoms with van der Waals surface area (Å²) >= 11 is 0. The Bertz CT molecular complexity index is 1140. The number of carbonyl (C=O) groups is 2. The maximum Gasteiger partial charge on any atom is 0.315 e. The average Bonchev–Trinajstić information content (AvgIpc) is 3.45. The van der Waals surface area contributed by atoms with E-state index in [0.29, 0.717) is 44.9 Å². The van der Waals surface area contributed by atoms with Crippen LogP contribution in [0.5, 0.6) is 0 Å². The normalized spacial score (nSPS) is 65.9. The van der Waals surface area contributed by atoms with E-state index < -0.39 is 45.1 Å². The van der Waals surface area contributed by atoms with Crippen LogP contribution in [0, 0.1) is 28.6 Å². The van der Waals surface area contributed by atoms with Crippen LogP contribution in [0.1, 0.15) is 72.6 Å². The second-order valence-corrected chi connectivity index (χ2v) is 14.0. The molecule has 3 saturated carbocycles. The zero-order valence-electron chi connectivity index (χ0n) is 21.4. The van der Waals surface area contributed by atoms with Crippen molar-refractivity contribution in [2.24, 2.45) is 28.6 Å². The monoisotopic (exact) mass is 500 g/mol. The van der Waals surface area contributed by atoms with Crippen molar-refractivity contribution in [3.63, 3.8) is 0 Å². The lowest BCUT2D eigenvalue weighted by atomic mass is 9.44. The van der Waals surface area contributed by atoms with Gasteiger partial charge >= 0.3 is 5.97 Å². The number of fused-ring (bicyclic) bond motifs is 7. The van der Waals surface area contributed by atoms with Crippen molar-refractivity contribution in [1.82, 2.24) is 0 Å². The molecule has 8 heteroatoms. The third-order valence-electron chi connectivity index (χ3n) is 12.7. The Morgan fingerprint density at radius 3 is 2.44 bits per heavy atom. The molecular formula is C28H36O8. The molecule has 0 aromatic carbocycles. The molecule has 13 atom stereocenters. The lowest BCUT2D eigenvalue weighted by Gasteiger charge is -2.66. The van der Waals surface area contributed by atoms with Crippen molar-refractivity contribution in [2.75, 3.05) is 0 Å². The van der Waals surface area contributed by atoms with E-state index in [9.17, 15) is 19.8 Å². The van der Waals surface area contributed by atoms with Crippen LogP contribution in [0.2, 0.25) is 0 Å². The summed E-state index contributed by atoms with van der Waals surface area (Å²) in [5, 5.41) is 23.1. The summed E-state index contributed by atoms with van der Waals surface area (Å²) in [5.74, 6) is -1.74. The van der Waals surface area contributed by atoms with Crippen LogP contribution in [-0.2, 0) is 28.5 Å². The van der Waals surface area contributed by atoms with E-state index in [1.54, 1.807) is 19.9 Å². The summed E-state index contributed by atoms with van der Waals surface area (Å²) in [5.41, 5.74) is -5.41. The minimum absolute atomic E-state index is 0.0195. The van der Waals surface area contributed by atoms with Gasteiger partial charge in [-0.1, -0.05) is 6.08 Å². The lowest BCUT2D eigenvalue weighted by molar-refractivity contribution is -0.418. The molecule has 4 bridgehead atoms. The molecule has 36 heavy (non-hydrogen) atoms. The molecule has 2 spiro atoms. The van der Waals surface area contributed by atoms with Gasteiger partial charge in [-0.25, -0.2) is 0 Å². The fraction of sp³-hybridized carbons (Fsp3) is 0.857. The van der Waals surface area contributed by atoms with E-state index in [2.05, 4.69) is 6.92 Å². The fourth-order valence-electron chi connectivity index (χ4n) is 10.2. The van der Waals surface area contributed by atoms with Crippen LogP contribution in [0.3, 0.4) is 0 Å². The number of ether oxygens (including phenoxy) is 4. The topological polar surface area (TPSA) is 115 Å². The molecule has 4 aliphatic carbocycles. The van der Waals surface area contributed by atoms with Gasteiger partial charge in [0.25, 0.3) is 0 Å². The number of rotatable bonds is 1. The van der Waals surface area contributed by atoms with Crippen molar-refractivity contribution in [1.29, 1.82) is 0 Å². The maximum atomic E-state index is 13.5. The molecule has 0 radical (unpaired) electrons. The van der Waals surface area contributed by atoms with Gasteiger partial charge in [0, 0.05) is 18.8 Å². The molecule has 8 nitrogen and oxygen atoms in total. The minimum atomic E-state index is -1.17. The Balaban J connectivity index is 1.26. The zero-order valence-corrected chi connectivity index (χ0v) is 21.4. The first-order chi connectivity index (χ1) is 16.8.